The van der Waals surface area contributed by atoms with Crippen LogP contribution < -0.4 is 25.8 Å². The number of amides is 2. The van der Waals surface area contributed by atoms with E-state index in [0.29, 0.717) is 6.04 Å². The predicted molar refractivity (Wildman–Crippen MR) is 147 cm³/mol. The van der Waals surface area contributed by atoms with Crippen LogP contribution in [0.5, 0.6) is 5.88 Å². The number of benzene rings is 1. The second kappa shape index (κ2) is 18.1. The van der Waals surface area contributed by atoms with E-state index in [1.54, 1.807) is 11.6 Å². The van der Waals surface area contributed by atoms with Crippen LogP contribution in [0.25, 0.3) is 0 Å². The summed E-state index contributed by atoms with van der Waals surface area (Å²) in [6.45, 7) is 5.10. The predicted octanol–water partition coefficient (Wildman–Crippen LogP) is 0.975. The fourth-order valence-electron chi connectivity index (χ4n) is 2.25. The molecule has 0 unspecified atom stereocenters. The number of aliphatic carboxylic acids is 1. The number of ether oxygens (including phenoxy) is 2. The first-order chi connectivity index (χ1) is 18.9. The minimum atomic E-state index is -4.38. The third-order valence-electron chi connectivity index (χ3n) is 3.60. The third-order valence-corrected chi connectivity index (χ3v) is 5.82. The van der Waals surface area contributed by atoms with Crippen LogP contribution >= 0.6 is 19.2 Å². The van der Waals surface area contributed by atoms with Crippen molar-refractivity contribution in [2.75, 3.05) is 31.9 Å². The fraction of sp³-hybridized carbons (Fsp3) is 0.381. The van der Waals surface area contributed by atoms with E-state index in [-0.39, 0.29) is 29.2 Å². The van der Waals surface area contributed by atoms with Crippen molar-refractivity contribution in [1.29, 1.82) is 0 Å². The number of rotatable bonds is 10. The lowest BCUT2D eigenvalue weighted by Gasteiger charge is -2.11. The Hall–Kier alpha value is -3.38. The molecule has 0 aliphatic heterocycles. The zero-order chi connectivity index (χ0) is 31.8. The van der Waals surface area contributed by atoms with Crippen molar-refractivity contribution >= 4 is 53.1 Å². The summed E-state index contributed by atoms with van der Waals surface area (Å²) in [5, 5.41) is 12.2. The molecule has 230 valence electrons. The summed E-state index contributed by atoms with van der Waals surface area (Å²) < 4.78 is 46.5. The molecule has 8 N–H and O–H groups in total. The highest BCUT2D eigenvalue weighted by Gasteiger charge is 2.25. The molecule has 2 aromatic rings. The number of nitrogens with zero attached hydrogens (tertiary/aromatic N) is 2. The van der Waals surface area contributed by atoms with E-state index < -0.39 is 53.3 Å². The highest BCUT2D eigenvalue weighted by Crippen LogP contribution is 2.31. The molecule has 0 saturated heterocycles. The summed E-state index contributed by atoms with van der Waals surface area (Å²) in [6, 6.07) is 5.79. The van der Waals surface area contributed by atoms with Crippen molar-refractivity contribution < 1.29 is 51.7 Å². The average molecular weight is 643 g/mol. The monoisotopic (exact) mass is 642 g/mol. The number of aromatic nitrogens is 2. The van der Waals surface area contributed by atoms with Crippen LogP contribution in [0, 0.1) is 0 Å². The van der Waals surface area contributed by atoms with Crippen molar-refractivity contribution in [3.63, 3.8) is 0 Å². The summed E-state index contributed by atoms with van der Waals surface area (Å²) in [6.07, 6.45) is -0.598. The lowest BCUT2D eigenvalue weighted by atomic mass is 10.2. The van der Waals surface area contributed by atoms with Crippen molar-refractivity contribution in [3.05, 3.63) is 41.0 Å². The van der Waals surface area contributed by atoms with Crippen molar-refractivity contribution in [3.8, 4) is 5.88 Å². The molecule has 0 atom stereocenters. The number of anilines is 1. The van der Waals surface area contributed by atoms with Gasteiger partial charge in [0, 0.05) is 6.07 Å². The number of hydrogen-bond donors (Lipinski definition) is 7. The number of esters is 1. The molecule has 0 fully saturated rings. The number of carboxylic acid groups (broad SMARTS) is 1. The Bertz CT molecular complexity index is 1320. The molecule has 1 aromatic heterocycles. The minimum absolute atomic E-state index is 0.0207. The molecule has 17 nitrogen and oxygen atoms in total. The average Bonchev–Trinajstić information content (AvgIpc) is 2.82. The Morgan fingerprint density at radius 1 is 1.17 bits per heavy atom. The van der Waals surface area contributed by atoms with Crippen LogP contribution in [-0.2, 0) is 24.1 Å². The van der Waals surface area contributed by atoms with E-state index in [9.17, 15) is 27.4 Å². The molecule has 2 amide bonds. The summed E-state index contributed by atoms with van der Waals surface area (Å²) in [7, 11) is -7.15. The number of hydrogen-bond acceptors (Lipinski definition) is 12. The van der Waals surface area contributed by atoms with Gasteiger partial charge in [0.15, 0.2) is 0 Å². The molecule has 41 heavy (non-hydrogen) atoms. The van der Waals surface area contributed by atoms with Gasteiger partial charge in [-0.3, -0.25) is 20.0 Å². The first-order valence-electron chi connectivity index (χ1n) is 11.3. The minimum Gasteiger partial charge on any atom is -0.481 e. The van der Waals surface area contributed by atoms with Gasteiger partial charge < -0.3 is 30.1 Å². The highest BCUT2D eigenvalue weighted by atomic mass is 35.5. The zero-order valence-corrected chi connectivity index (χ0v) is 24.9. The van der Waals surface area contributed by atoms with Gasteiger partial charge in [0.05, 0.1) is 32.1 Å². The van der Waals surface area contributed by atoms with E-state index in [4.69, 9.17) is 41.7 Å². The fourth-order valence-corrected chi connectivity index (χ4v) is 3.93. The standard InChI is InChI=1S/C15H15ClN4O6S.C3H8NO5P.C3H9N/c1-3-26-13(21)9-6-4-5-7-10(9)27(23,24)20-15(22)19-14-17-11(16)8-12(18-14)25-2;5-3(6)1-4-2-10(7,8)9;1-3(2)4/h4-8H,3H2,1-2H3,(H2,17,18,19,20,22);4H,1-2H2,(H,5,6)(H2,7,8,9);3H,4H2,1-2H3. The third kappa shape index (κ3) is 17.1. The number of sulfonamides is 1. The van der Waals surface area contributed by atoms with E-state index in [1.165, 1.54) is 37.4 Å². The van der Waals surface area contributed by atoms with Crippen LogP contribution in [-0.4, -0.2) is 83.8 Å². The molecule has 0 saturated carbocycles. The maximum absolute atomic E-state index is 12.5. The second-order valence-corrected chi connectivity index (χ2v) is 11.4. The summed E-state index contributed by atoms with van der Waals surface area (Å²) >= 11 is 5.75. The summed E-state index contributed by atoms with van der Waals surface area (Å²) in [4.78, 5) is 57.2. The van der Waals surface area contributed by atoms with Crippen molar-refractivity contribution in [2.24, 2.45) is 5.73 Å². The summed E-state index contributed by atoms with van der Waals surface area (Å²) in [5.41, 5.74) is 4.90. The van der Waals surface area contributed by atoms with Gasteiger partial charge in [0.25, 0.3) is 10.0 Å². The van der Waals surface area contributed by atoms with Gasteiger partial charge in [-0.05, 0) is 25.1 Å². The molecule has 0 radical (unpaired) electrons. The first kappa shape index (κ1) is 37.6. The largest absolute Gasteiger partial charge is 0.481 e. The molecule has 0 bridgehead atoms. The maximum atomic E-state index is 12.5. The number of methoxy groups -OCH3 is 1. The van der Waals surface area contributed by atoms with Crippen molar-refractivity contribution in [1.82, 2.24) is 20.0 Å². The van der Waals surface area contributed by atoms with Crippen LogP contribution in [0.2, 0.25) is 5.15 Å². The molecule has 1 heterocycles. The Morgan fingerprint density at radius 2 is 1.76 bits per heavy atom. The molecule has 0 aliphatic rings. The Balaban J connectivity index is 0.000000949. The second-order valence-electron chi connectivity index (χ2n) is 7.72. The van der Waals surface area contributed by atoms with E-state index in [0.717, 1.165) is 0 Å². The normalized spacial score (nSPS) is 10.8. The lowest BCUT2D eigenvalue weighted by molar-refractivity contribution is -0.135. The van der Waals surface area contributed by atoms with Gasteiger partial charge in [0.1, 0.15) is 10.0 Å². The number of nitrogens with two attached hydrogens (primary N) is 1. The van der Waals surface area contributed by atoms with Gasteiger partial charge >= 0.3 is 25.6 Å². The molecular formula is C21H32ClN6O11PS. The number of carboxylic acids is 1. The number of carbonyl (C=O) groups is 3. The SMILES string of the molecule is CC(C)N.CCOC(=O)c1ccccc1S(=O)(=O)NC(=O)Nc1nc(Cl)cc(OC)n1.O=C(O)CNCP(=O)(O)O. The van der Waals surface area contributed by atoms with Gasteiger partial charge in [0.2, 0.25) is 11.8 Å². The lowest BCUT2D eigenvalue weighted by Crippen LogP contribution is -2.35. The zero-order valence-electron chi connectivity index (χ0n) is 22.4. The van der Waals surface area contributed by atoms with E-state index >= 15 is 0 Å². The quantitative estimate of drug-likeness (QED) is 0.108. The van der Waals surface area contributed by atoms with Gasteiger partial charge in [-0.25, -0.2) is 27.7 Å². The number of urea groups is 1. The Kier molecular flexibility index (Phi) is 16.6. The highest BCUT2D eigenvalue weighted by molar-refractivity contribution is 7.90. The van der Waals surface area contributed by atoms with Gasteiger partial charge in [-0.1, -0.05) is 37.6 Å². The molecule has 0 spiro atoms. The Labute approximate surface area is 241 Å². The number of halogens is 1. The molecular weight excluding hydrogens is 611 g/mol. The smallest absolute Gasteiger partial charge is 0.339 e. The van der Waals surface area contributed by atoms with Crippen LogP contribution in [0.4, 0.5) is 10.7 Å². The van der Waals surface area contributed by atoms with E-state index in [2.05, 4.69) is 20.6 Å². The van der Waals surface area contributed by atoms with E-state index in [1.807, 2.05) is 13.8 Å². The Morgan fingerprint density at radius 3 is 2.27 bits per heavy atom. The van der Waals surface area contributed by atoms with Crippen LogP contribution in [0.1, 0.15) is 31.1 Å². The topological polar surface area (TPSA) is 269 Å². The molecule has 1 aromatic carbocycles. The molecule has 2 rings (SSSR count). The number of nitrogens with one attached hydrogen (secondary N) is 3. The summed E-state index contributed by atoms with van der Waals surface area (Å²) in [5.74, 6) is -2.18. The van der Waals surface area contributed by atoms with Crippen LogP contribution in [0.15, 0.2) is 35.2 Å². The molecule has 20 heteroatoms. The van der Waals surface area contributed by atoms with Gasteiger partial charge in [-0.15, -0.1) is 0 Å². The van der Waals surface area contributed by atoms with Crippen molar-refractivity contribution in [2.45, 2.75) is 31.7 Å². The van der Waals surface area contributed by atoms with Crippen LogP contribution in [0.3, 0.4) is 0 Å². The molecule has 0 aliphatic carbocycles. The first-order valence-corrected chi connectivity index (χ1v) is 15.0. The maximum Gasteiger partial charge on any atom is 0.339 e. The van der Waals surface area contributed by atoms with Gasteiger partial charge in [-0.2, -0.15) is 4.98 Å². The number of carbonyl (C=O) groups excluding carboxylic acids is 2.